The van der Waals surface area contributed by atoms with Crippen molar-refractivity contribution in [2.45, 2.75) is 26.4 Å². The Morgan fingerprint density at radius 1 is 1.19 bits per heavy atom. The lowest BCUT2D eigenvalue weighted by atomic mass is 10.1. The molecule has 0 aliphatic carbocycles. The third-order valence-electron chi connectivity index (χ3n) is 2.96. The normalized spacial score (nSPS) is 11.4. The van der Waals surface area contributed by atoms with Crippen LogP contribution in [0.15, 0.2) is 18.2 Å². The third-order valence-corrected chi connectivity index (χ3v) is 2.96. The van der Waals surface area contributed by atoms with Crippen LogP contribution in [-0.2, 0) is 6.54 Å². The van der Waals surface area contributed by atoms with Gasteiger partial charge in [-0.3, -0.25) is 4.90 Å². The monoisotopic (exact) mass is 223 g/mol. The van der Waals surface area contributed by atoms with Gasteiger partial charge in [0.05, 0.1) is 19.3 Å². The van der Waals surface area contributed by atoms with E-state index in [1.165, 1.54) is 16.7 Å². The van der Waals surface area contributed by atoms with Crippen molar-refractivity contribution >= 4 is 0 Å². The van der Waals surface area contributed by atoms with Crippen LogP contribution in [0, 0.1) is 13.8 Å². The zero-order valence-electron chi connectivity index (χ0n) is 10.3. The summed E-state index contributed by atoms with van der Waals surface area (Å²) < 4.78 is 0. The van der Waals surface area contributed by atoms with Gasteiger partial charge in [0.1, 0.15) is 0 Å². The Morgan fingerprint density at radius 2 is 1.81 bits per heavy atom. The average molecular weight is 223 g/mol. The molecule has 3 heteroatoms. The zero-order valence-corrected chi connectivity index (χ0v) is 10.3. The summed E-state index contributed by atoms with van der Waals surface area (Å²) in [5.74, 6) is 0. The second-order valence-corrected chi connectivity index (χ2v) is 4.36. The number of rotatable bonds is 5. The quantitative estimate of drug-likeness (QED) is 0.785. The molecule has 1 rings (SSSR count). The van der Waals surface area contributed by atoms with E-state index in [0.29, 0.717) is 0 Å². The van der Waals surface area contributed by atoms with Crippen LogP contribution in [-0.4, -0.2) is 41.4 Å². The van der Waals surface area contributed by atoms with E-state index < -0.39 is 0 Å². The van der Waals surface area contributed by atoms with Gasteiger partial charge in [0.25, 0.3) is 0 Å². The minimum Gasteiger partial charge on any atom is -0.395 e. The molecule has 0 atom stereocenters. The van der Waals surface area contributed by atoms with E-state index in [1.54, 1.807) is 0 Å². The zero-order chi connectivity index (χ0) is 12.1. The summed E-state index contributed by atoms with van der Waals surface area (Å²) in [6.07, 6.45) is 0. The number of aliphatic hydroxyl groups is 2. The summed E-state index contributed by atoms with van der Waals surface area (Å²) in [7, 11) is 1.91. The van der Waals surface area contributed by atoms with Crippen molar-refractivity contribution in [3.63, 3.8) is 0 Å². The molecule has 0 saturated heterocycles. The number of hydrogen-bond donors (Lipinski definition) is 2. The topological polar surface area (TPSA) is 43.7 Å². The SMILES string of the molecule is Cc1ccc(CN(C)C(CO)CO)c(C)c1. The molecule has 1 aromatic rings. The lowest BCUT2D eigenvalue weighted by molar-refractivity contribution is 0.0872. The fraction of sp³-hybridized carbons (Fsp3) is 0.538. The molecule has 0 fully saturated rings. The van der Waals surface area contributed by atoms with Crippen molar-refractivity contribution in [3.05, 3.63) is 34.9 Å². The van der Waals surface area contributed by atoms with Crippen molar-refractivity contribution in [2.75, 3.05) is 20.3 Å². The standard InChI is InChI=1S/C13H21NO2/c1-10-4-5-12(11(2)6-10)7-14(3)13(8-15)9-16/h4-6,13,15-16H,7-9H2,1-3H3. The van der Waals surface area contributed by atoms with Crippen LogP contribution in [0.25, 0.3) is 0 Å². The van der Waals surface area contributed by atoms with Gasteiger partial charge in [0.15, 0.2) is 0 Å². The lowest BCUT2D eigenvalue weighted by Gasteiger charge is -2.25. The van der Waals surface area contributed by atoms with E-state index in [9.17, 15) is 0 Å². The Kier molecular flexibility index (Phi) is 4.93. The van der Waals surface area contributed by atoms with E-state index in [2.05, 4.69) is 32.0 Å². The molecule has 0 amide bonds. The Morgan fingerprint density at radius 3 is 2.31 bits per heavy atom. The van der Waals surface area contributed by atoms with Gasteiger partial charge in [0.2, 0.25) is 0 Å². The first-order chi connectivity index (χ1) is 7.58. The second kappa shape index (κ2) is 5.99. The van der Waals surface area contributed by atoms with Crippen LogP contribution in [0.5, 0.6) is 0 Å². The summed E-state index contributed by atoms with van der Waals surface area (Å²) in [5, 5.41) is 18.2. The molecule has 3 nitrogen and oxygen atoms in total. The molecule has 0 unspecified atom stereocenters. The molecule has 2 N–H and O–H groups in total. The molecule has 0 radical (unpaired) electrons. The molecule has 0 spiro atoms. The fourth-order valence-corrected chi connectivity index (χ4v) is 1.76. The maximum Gasteiger partial charge on any atom is 0.0609 e. The van der Waals surface area contributed by atoms with Gasteiger partial charge in [-0.05, 0) is 32.0 Å². The Hall–Kier alpha value is -0.900. The maximum atomic E-state index is 9.09. The summed E-state index contributed by atoms with van der Waals surface area (Å²) in [4.78, 5) is 1.97. The van der Waals surface area contributed by atoms with Crippen molar-refractivity contribution in [3.8, 4) is 0 Å². The average Bonchev–Trinajstić information content (AvgIpc) is 2.24. The first-order valence-electron chi connectivity index (χ1n) is 5.56. The summed E-state index contributed by atoms with van der Waals surface area (Å²) in [5.41, 5.74) is 3.74. The van der Waals surface area contributed by atoms with Crippen molar-refractivity contribution < 1.29 is 10.2 Å². The third kappa shape index (κ3) is 3.30. The molecule has 0 heterocycles. The molecule has 90 valence electrons. The fourth-order valence-electron chi connectivity index (χ4n) is 1.76. The molecule has 0 aliphatic heterocycles. The van der Waals surface area contributed by atoms with Crippen molar-refractivity contribution in [2.24, 2.45) is 0 Å². The first-order valence-corrected chi connectivity index (χ1v) is 5.56. The minimum atomic E-state index is -0.180. The maximum absolute atomic E-state index is 9.09. The summed E-state index contributed by atoms with van der Waals surface area (Å²) in [6.45, 7) is 4.88. The second-order valence-electron chi connectivity index (χ2n) is 4.36. The first kappa shape index (κ1) is 13.2. The predicted molar refractivity (Wildman–Crippen MR) is 65.3 cm³/mol. The number of likely N-dealkylation sites (N-methyl/N-ethyl adjacent to an activating group) is 1. The van der Waals surface area contributed by atoms with Gasteiger partial charge in [-0.15, -0.1) is 0 Å². The van der Waals surface area contributed by atoms with E-state index in [-0.39, 0.29) is 19.3 Å². The molecule has 0 aliphatic rings. The van der Waals surface area contributed by atoms with Gasteiger partial charge in [0, 0.05) is 6.54 Å². The van der Waals surface area contributed by atoms with Gasteiger partial charge in [-0.2, -0.15) is 0 Å². The minimum absolute atomic E-state index is 0.0160. The predicted octanol–water partition coefficient (Wildman–Crippen LogP) is 1.09. The van der Waals surface area contributed by atoms with Gasteiger partial charge >= 0.3 is 0 Å². The molecule has 1 aromatic carbocycles. The van der Waals surface area contributed by atoms with E-state index in [4.69, 9.17) is 10.2 Å². The molecular formula is C13H21NO2. The Bertz CT molecular complexity index is 335. The number of hydrogen-bond acceptors (Lipinski definition) is 3. The Balaban J connectivity index is 2.72. The largest absolute Gasteiger partial charge is 0.395 e. The smallest absolute Gasteiger partial charge is 0.0609 e. The van der Waals surface area contributed by atoms with Gasteiger partial charge in [-0.1, -0.05) is 23.8 Å². The number of benzene rings is 1. The lowest BCUT2D eigenvalue weighted by Crippen LogP contribution is -2.37. The summed E-state index contributed by atoms with van der Waals surface area (Å²) in [6, 6.07) is 6.16. The van der Waals surface area contributed by atoms with Crippen LogP contribution in [0.3, 0.4) is 0 Å². The van der Waals surface area contributed by atoms with Gasteiger partial charge in [-0.25, -0.2) is 0 Å². The Labute approximate surface area is 97.3 Å². The number of aliphatic hydroxyl groups excluding tert-OH is 2. The molecule has 16 heavy (non-hydrogen) atoms. The van der Waals surface area contributed by atoms with Crippen molar-refractivity contribution in [1.82, 2.24) is 4.90 Å². The van der Waals surface area contributed by atoms with Gasteiger partial charge < -0.3 is 10.2 Å². The number of nitrogens with zero attached hydrogens (tertiary/aromatic N) is 1. The van der Waals surface area contributed by atoms with Crippen molar-refractivity contribution in [1.29, 1.82) is 0 Å². The van der Waals surface area contributed by atoms with Crippen LogP contribution < -0.4 is 0 Å². The van der Waals surface area contributed by atoms with Crippen LogP contribution >= 0.6 is 0 Å². The molecule has 0 aromatic heterocycles. The highest BCUT2D eigenvalue weighted by atomic mass is 16.3. The van der Waals surface area contributed by atoms with Crippen LogP contribution in [0.4, 0.5) is 0 Å². The van der Waals surface area contributed by atoms with Crippen LogP contribution in [0.1, 0.15) is 16.7 Å². The number of aryl methyl sites for hydroxylation is 2. The van der Waals surface area contributed by atoms with E-state index >= 15 is 0 Å². The van der Waals surface area contributed by atoms with Crippen LogP contribution in [0.2, 0.25) is 0 Å². The highest BCUT2D eigenvalue weighted by Gasteiger charge is 2.13. The van der Waals surface area contributed by atoms with E-state index in [0.717, 1.165) is 6.54 Å². The molecule has 0 saturated carbocycles. The molecule has 0 bridgehead atoms. The summed E-state index contributed by atoms with van der Waals surface area (Å²) >= 11 is 0. The van der Waals surface area contributed by atoms with E-state index in [1.807, 2.05) is 11.9 Å². The highest BCUT2D eigenvalue weighted by molar-refractivity contribution is 5.30. The highest BCUT2D eigenvalue weighted by Crippen LogP contribution is 2.13. The molecular weight excluding hydrogens is 202 g/mol.